The van der Waals surface area contributed by atoms with Crippen molar-refractivity contribution < 1.29 is 20.2 Å². The maximum atomic E-state index is 13.6. The molecule has 3 N–H and O–H groups in total. The van der Waals surface area contributed by atoms with Gasteiger partial charge in [-0.15, -0.1) is 0 Å². The summed E-state index contributed by atoms with van der Waals surface area (Å²) in [6, 6.07) is 17.1. The molecule has 2 aromatic rings. The molecule has 7 heteroatoms. The van der Waals surface area contributed by atoms with Crippen LogP contribution in [0.1, 0.15) is 81.4 Å². The van der Waals surface area contributed by atoms with E-state index in [2.05, 4.69) is 42.7 Å². The van der Waals surface area contributed by atoms with Gasteiger partial charge in [-0.2, -0.15) is 0 Å². The topological polar surface area (TPSA) is 84.9 Å². The largest absolute Gasteiger partial charge is 0.390 e. The molecule has 40 heavy (non-hydrogen) atoms. The molecule has 0 aliphatic carbocycles. The van der Waals surface area contributed by atoms with Crippen LogP contribution in [-0.4, -0.2) is 76.6 Å². The number of amides is 2. The number of carbonyl (C=O) groups excluding carboxylic acids is 2. The van der Waals surface area contributed by atoms with Crippen molar-refractivity contribution in [3.63, 3.8) is 0 Å². The Balaban J connectivity index is 1.40. The Morgan fingerprint density at radius 2 is 1.90 bits per heavy atom. The lowest BCUT2D eigenvalue weighted by Crippen LogP contribution is -2.55. The predicted octanol–water partition coefficient (Wildman–Crippen LogP) is 3.85. The zero-order chi connectivity index (χ0) is 32.1. The van der Waals surface area contributed by atoms with Crippen molar-refractivity contribution in [1.82, 2.24) is 20.4 Å². The highest BCUT2D eigenvalue weighted by Gasteiger charge is 2.50. The van der Waals surface area contributed by atoms with Gasteiger partial charge in [0.2, 0.25) is 11.8 Å². The third-order valence-corrected chi connectivity index (χ3v) is 8.61. The second kappa shape index (κ2) is 13.7. The first-order chi connectivity index (χ1) is 20.8. The third kappa shape index (κ3) is 7.31. The van der Waals surface area contributed by atoms with Crippen molar-refractivity contribution in [3.8, 4) is 0 Å². The molecule has 7 nitrogen and oxygen atoms in total. The number of nitrogens with zero attached hydrogens (tertiary/aromatic N) is 2. The van der Waals surface area contributed by atoms with Gasteiger partial charge >= 0.3 is 0 Å². The zero-order valence-electron chi connectivity index (χ0n) is 28.1. The summed E-state index contributed by atoms with van der Waals surface area (Å²) >= 11 is 0. The molecule has 4 atom stereocenters. The van der Waals surface area contributed by atoms with E-state index < -0.39 is 37.0 Å². The standard InChI is InChI=1S/C33H48N4O3/c1-5-17-37-31(39)14-15-33(37)16-18-36(23-33)25(4)32(40)35-29(20-26-10-7-6-8-11-26)30(38)22-34-21-27-12-9-13-28(19-27)24(2)3/h6-13,19,24-25,29-30,34,38H,5,14-18,20-23H2,1-4H3,(H,35,40)/t25?,29-,30+,33?/m0/s1/i1T2,5T2. The molecule has 4 rings (SSSR count). The summed E-state index contributed by atoms with van der Waals surface area (Å²) in [5.41, 5.74) is 2.80. The van der Waals surface area contributed by atoms with E-state index >= 15 is 0 Å². The number of nitrogens with one attached hydrogen (secondary N) is 2. The molecule has 0 aromatic heterocycles. The van der Waals surface area contributed by atoms with Gasteiger partial charge in [0.25, 0.3) is 0 Å². The van der Waals surface area contributed by atoms with Gasteiger partial charge in [-0.1, -0.05) is 75.3 Å². The molecule has 0 saturated carbocycles. The first kappa shape index (κ1) is 25.0. The summed E-state index contributed by atoms with van der Waals surface area (Å²) < 4.78 is 31.4. The van der Waals surface area contributed by atoms with Crippen LogP contribution in [0.4, 0.5) is 0 Å². The smallest absolute Gasteiger partial charge is 0.237 e. The number of rotatable bonds is 13. The first-order valence-corrected chi connectivity index (χ1v) is 14.5. The van der Waals surface area contributed by atoms with Crippen LogP contribution in [0.15, 0.2) is 54.6 Å². The molecule has 1 spiro atoms. The molecular formula is C33H48N4O3. The Morgan fingerprint density at radius 3 is 2.65 bits per heavy atom. The van der Waals surface area contributed by atoms with E-state index in [9.17, 15) is 14.7 Å². The zero-order valence-corrected chi connectivity index (χ0v) is 24.1. The molecule has 2 fully saturated rings. The lowest BCUT2D eigenvalue weighted by atomic mass is 9.95. The van der Waals surface area contributed by atoms with Crippen LogP contribution in [-0.2, 0) is 22.6 Å². The maximum Gasteiger partial charge on any atom is 0.237 e. The lowest BCUT2D eigenvalue weighted by Gasteiger charge is -2.36. The van der Waals surface area contributed by atoms with E-state index in [1.807, 2.05) is 48.2 Å². The fraction of sp³-hybridized carbons (Fsp3) is 0.576. The number of aliphatic hydroxyl groups excluding tert-OH is 1. The van der Waals surface area contributed by atoms with Crippen LogP contribution in [0.25, 0.3) is 0 Å². The van der Waals surface area contributed by atoms with Gasteiger partial charge in [-0.25, -0.2) is 0 Å². The van der Waals surface area contributed by atoms with Gasteiger partial charge in [0.1, 0.15) is 0 Å². The number of hydrogen-bond acceptors (Lipinski definition) is 5. The van der Waals surface area contributed by atoms with E-state index in [0.29, 0.717) is 57.8 Å². The highest BCUT2D eigenvalue weighted by molar-refractivity contribution is 5.82. The minimum absolute atomic E-state index is 0.164. The summed E-state index contributed by atoms with van der Waals surface area (Å²) in [5, 5.41) is 17.7. The van der Waals surface area contributed by atoms with Crippen molar-refractivity contribution in [2.45, 2.75) is 95.9 Å². The van der Waals surface area contributed by atoms with E-state index in [1.54, 1.807) is 0 Å². The Labute approximate surface area is 245 Å². The van der Waals surface area contributed by atoms with Crippen molar-refractivity contribution in [3.05, 3.63) is 71.3 Å². The Bertz CT molecular complexity index is 1260. The molecular weight excluding hydrogens is 500 g/mol. The molecule has 2 aliphatic heterocycles. The number of carbonyl (C=O) groups is 2. The molecule has 218 valence electrons. The fourth-order valence-electron chi connectivity index (χ4n) is 6.05. The normalized spacial score (nSPS) is 23.6. The van der Waals surface area contributed by atoms with Crippen LogP contribution in [0.5, 0.6) is 0 Å². The highest BCUT2D eigenvalue weighted by Crippen LogP contribution is 2.39. The monoisotopic (exact) mass is 556 g/mol. The number of likely N-dealkylation sites (tertiary alicyclic amines) is 2. The van der Waals surface area contributed by atoms with Crippen LogP contribution in [0.2, 0.25) is 0 Å². The quantitative estimate of drug-likeness (QED) is 0.349. The van der Waals surface area contributed by atoms with Gasteiger partial charge in [-0.3, -0.25) is 14.5 Å². The minimum atomic E-state index is -2.14. The molecule has 2 aliphatic rings. The Hall–Kier alpha value is -2.74. The highest BCUT2D eigenvalue weighted by atomic mass is 16.3. The third-order valence-electron chi connectivity index (χ3n) is 8.61. The van der Waals surface area contributed by atoms with Crippen LogP contribution in [0, 0.1) is 0 Å². The molecule has 0 bridgehead atoms. The summed E-state index contributed by atoms with van der Waals surface area (Å²) in [6.45, 7) is 6.03. The SMILES string of the molecule is [3H]C([3H])C([3H])([3H])CN1C(=O)CCC12CCN(C(C)C(=O)N[C@@H](Cc1ccccc1)[C@H](O)CNCc1cccc(C(C)C)c1)C2. The summed E-state index contributed by atoms with van der Waals surface area (Å²) in [5.74, 6) is 0.0525. The van der Waals surface area contributed by atoms with Gasteiger partial charge < -0.3 is 20.6 Å². The van der Waals surface area contributed by atoms with E-state index in [1.165, 1.54) is 10.5 Å². The molecule has 2 aromatic carbocycles. The molecule has 2 unspecified atom stereocenters. The average Bonchev–Trinajstić information content (AvgIpc) is 3.55. The fourth-order valence-corrected chi connectivity index (χ4v) is 6.05. The lowest BCUT2D eigenvalue weighted by molar-refractivity contribution is -0.131. The summed E-state index contributed by atoms with van der Waals surface area (Å²) in [6.07, 6.45) is -1.05. The van der Waals surface area contributed by atoms with Crippen LogP contribution < -0.4 is 10.6 Å². The Morgan fingerprint density at radius 1 is 1.12 bits per heavy atom. The first-order valence-electron chi connectivity index (χ1n) is 16.7. The average molecular weight is 557 g/mol. The Kier molecular flexibility index (Phi) is 8.60. The minimum Gasteiger partial charge on any atom is -0.390 e. The van der Waals surface area contributed by atoms with E-state index in [4.69, 9.17) is 5.48 Å². The molecule has 0 radical (unpaired) electrons. The van der Waals surface area contributed by atoms with Crippen molar-refractivity contribution in [2.24, 2.45) is 0 Å². The molecule has 2 saturated heterocycles. The van der Waals surface area contributed by atoms with Gasteiger partial charge in [-0.05, 0) is 55.2 Å². The van der Waals surface area contributed by atoms with E-state index in [0.717, 1.165) is 11.1 Å². The second-order valence-corrected chi connectivity index (χ2v) is 11.7. The van der Waals surface area contributed by atoms with E-state index in [-0.39, 0.29) is 18.4 Å². The molecule has 2 heterocycles. The van der Waals surface area contributed by atoms with Crippen molar-refractivity contribution >= 4 is 11.8 Å². The van der Waals surface area contributed by atoms with Crippen molar-refractivity contribution in [2.75, 3.05) is 26.2 Å². The van der Waals surface area contributed by atoms with Crippen LogP contribution >= 0.6 is 0 Å². The number of hydrogen-bond donors (Lipinski definition) is 3. The second-order valence-electron chi connectivity index (χ2n) is 11.7. The predicted molar refractivity (Wildman–Crippen MR) is 160 cm³/mol. The summed E-state index contributed by atoms with van der Waals surface area (Å²) in [4.78, 5) is 29.9. The van der Waals surface area contributed by atoms with Gasteiger partial charge in [0, 0.05) is 44.6 Å². The summed E-state index contributed by atoms with van der Waals surface area (Å²) in [7, 11) is 0. The van der Waals surface area contributed by atoms with Crippen molar-refractivity contribution in [1.29, 1.82) is 0 Å². The van der Waals surface area contributed by atoms with Gasteiger partial charge in [0.15, 0.2) is 0 Å². The van der Waals surface area contributed by atoms with Gasteiger partial charge in [0.05, 0.1) is 23.7 Å². The maximum absolute atomic E-state index is 13.6. The number of benzene rings is 2. The number of aliphatic hydroxyl groups is 1. The van der Waals surface area contributed by atoms with Crippen LogP contribution in [0.3, 0.4) is 0 Å². The molecule has 2 amide bonds.